The maximum absolute atomic E-state index is 5.38. The van der Waals surface area contributed by atoms with Crippen molar-refractivity contribution in [1.29, 1.82) is 0 Å². The largest absolute Gasteiger partial charge is 0.381 e. The smallest absolute Gasteiger partial charge is 0.0900 e. The highest BCUT2D eigenvalue weighted by atomic mass is 32.1. The maximum Gasteiger partial charge on any atom is 0.0900 e. The zero-order valence-corrected chi connectivity index (χ0v) is 11.8. The van der Waals surface area contributed by atoms with Gasteiger partial charge in [0.25, 0.3) is 0 Å². The predicted octanol–water partition coefficient (Wildman–Crippen LogP) is 2.84. The topological polar surface area (TPSA) is 34.2 Å². The molecule has 1 saturated heterocycles. The van der Waals surface area contributed by atoms with Crippen molar-refractivity contribution in [3.8, 4) is 0 Å². The third-order valence-corrected chi connectivity index (χ3v) is 4.64. The summed E-state index contributed by atoms with van der Waals surface area (Å²) in [6.45, 7) is 9.37. The van der Waals surface area contributed by atoms with Crippen molar-refractivity contribution in [2.24, 2.45) is 5.92 Å². The molecule has 96 valence electrons. The summed E-state index contributed by atoms with van der Waals surface area (Å²) >= 11 is 1.81. The van der Waals surface area contributed by atoms with Crippen LogP contribution in [0.3, 0.4) is 0 Å². The Kier molecular flexibility index (Phi) is 4.54. The van der Waals surface area contributed by atoms with E-state index < -0.39 is 0 Å². The van der Waals surface area contributed by atoms with Crippen LogP contribution in [-0.4, -0.2) is 24.7 Å². The molecule has 1 atom stereocenters. The molecule has 0 saturated carbocycles. The number of nitrogens with zero attached hydrogens (tertiary/aromatic N) is 1. The summed E-state index contributed by atoms with van der Waals surface area (Å²) in [5.74, 6) is 0.778. The maximum atomic E-state index is 5.38. The van der Waals surface area contributed by atoms with Gasteiger partial charge in [0.15, 0.2) is 0 Å². The Hall–Kier alpha value is -0.450. The van der Waals surface area contributed by atoms with E-state index in [9.17, 15) is 0 Å². The molecule has 1 unspecified atom stereocenters. The molecule has 1 fully saturated rings. The number of thiazole rings is 1. The highest BCUT2D eigenvalue weighted by Crippen LogP contribution is 2.25. The van der Waals surface area contributed by atoms with E-state index in [2.05, 4.69) is 31.1 Å². The molecule has 0 bridgehead atoms. The fourth-order valence-corrected chi connectivity index (χ4v) is 3.29. The molecule has 4 heteroatoms. The second kappa shape index (κ2) is 5.94. The highest BCUT2D eigenvalue weighted by molar-refractivity contribution is 7.11. The Bertz CT molecular complexity index is 358. The van der Waals surface area contributed by atoms with Crippen molar-refractivity contribution >= 4 is 11.3 Å². The molecule has 0 radical (unpaired) electrons. The zero-order chi connectivity index (χ0) is 12.3. The molecule has 1 aromatic heterocycles. The summed E-state index contributed by atoms with van der Waals surface area (Å²) in [6, 6.07) is 0.420. The summed E-state index contributed by atoms with van der Waals surface area (Å²) in [4.78, 5) is 5.87. The number of aryl methyl sites for hydroxylation is 2. The molecular weight excluding hydrogens is 232 g/mol. The van der Waals surface area contributed by atoms with Crippen LogP contribution in [0.15, 0.2) is 0 Å². The number of ether oxygens (including phenoxy) is 1. The molecule has 1 aromatic rings. The van der Waals surface area contributed by atoms with E-state index in [1.165, 1.54) is 23.4 Å². The monoisotopic (exact) mass is 254 g/mol. The van der Waals surface area contributed by atoms with Crippen molar-refractivity contribution < 1.29 is 4.74 Å². The minimum absolute atomic E-state index is 0.420. The van der Waals surface area contributed by atoms with Crippen molar-refractivity contribution in [2.75, 3.05) is 19.8 Å². The van der Waals surface area contributed by atoms with Gasteiger partial charge in [0.1, 0.15) is 0 Å². The van der Waals surface area contributed by atoms with Gasteiger partial charge in [-0.3, -0.25) is 0 Å². The Labute approximate surface area is 108 Å². The van der Waals surface area contributed by atoms with Gasteiger partial charge in [0.2, 0.25) is 0 Å². The lowest BCUT2D eigenvalue weighted by Gasteiger charge is -2.24. The summed E-state index contributed by atoms with van der Waals surface area (Å²) in [5.41, 5.74) is 1.18. The fraction of sp³-hybridized carbons (Fsp3) is 0.769. The first kappa shape index (κ1) is 13.0. The standard InChI is InChI=1S/C13H22N2OS/c1-9(13-10(2)15-11(3)17-13)14-8-12-4-6-16-7-5-12/h9,12,14H,4-8H2,1-3H3. The van der Waals surface area contributed by atoms with Crippen molar-refractivity contribution in [3.63, 3.8) is 0 Å². The molecule has 0 amide bonds. The molecule has 0 aliphatic carbocycles. The van der Waals surface area contributed by atoms with E-state index in [1.54, 1.807) is 0 Å². The van der Waals surface area contributed by atoms with E-state index in [-0.39, 0.29) is 0 Å². The van der Waals surface area contributed by atoms with Gasteiger partial charge in [-0.05, 0) is 46.1 Å². The van der Waals surface area contributed by atoms with Crippen molar-refractivity contribution in [1.82, 2.24) is 10.3 Å². The van der Waals surface area contributed by atoms with Crippen LogP contribution in [-0.2, 0) is 4.74 Å². The van der Waals surface area contributed by atoms with Gasteiger partial charge < -0.3 is 10.1 Å². The first-order valence-electron chi connectivity index (χ1n) is 6.42. The minimum atomic E-state index is 0.420. The Morgan fingerprint density at radius 3 is 2.71 bits per heavy atom. The summed E-state index contributed by atoms with van der Waals surface area (Å²) in [7, 11) is 0. The highest BCUT2D eigenvalue weighted by Gasteiger charge is 2.17. The number of aromatic nitrogens is 1. The zero-order valence-electron chi connectivity index (χ0n) is 11.0. The van der Waals surface area contributed by atoms with Crippen LogP contribution < -0.4 is 5.32 Å². The van der Waals surface area contributed by atoms with Crippen molar-refractivity contribution in [3.05, 3.63) is 15.6 Å². The molecule has 2 rings (SSSR count). The molecule has 0 aromatic carbocycles. The number of rotatable bonds is 4. The second-order valence-corrected chi connectivity index (χ2v) is 6.10. The second-order valence-electron chi connectivity index (χ2n) is 4.87. The van der Waals surface area contributed by atoms with Gasteiger partial charge in [0.05, 0.1) is 10.7 Å². The number of hydrogen-bond donors (Lipinski definition) is 1. The summed E-state index contributed by atoms with van der Waals surface area (Å²) in [5, 5.41) is 4.80. The Balaban J connectivity index is 1.84. The van der Waals surface area contributed by atoms with Gasteiger partial charge in [-0.15, -0.1) is 11.3 Å². The Morgan fingerprint density at radius 2 is 2.12 bits per heavy atom. The van der Waals surface area contributed by atoms with E-state index >= 15 is 0 Å². The van der Waals surface area contributed by atoms with E-state index in [1.807, 2.05) is 11.3 Å². The van der Waals surface area contributed by atoms with Gasteiger partial charge in [0, 0.05) is 24.1 Å². The summed E-state index contributed by atoms with van der Waals surface area (Å²) < 4.78 is 5.38. The van der Waals surface area contributed by atoms with E-state index in [0.717, 1.165) is 30.7 Å². The molecule has 3 nitrogen and oxygen atoms in total. The van der Waals surface area contributed by atoms with Crippen LogP contribution in [0.25, 0.3) is 0 Å². The fourth-order valence-electron chi connectivity index (χ4n) is 2.34. The van der Waals surface area contributed by atoms with Gasteiger partial charge in [-0.1, -0.05) is 0 Å². The minimum Gasteiger partial charge on any atom is -0.381 e. The van der Waals surface area contributed by atoms with Crippen LogP contribution in [0, 0.1) is 19.8 Å². The van der Waals surface area contributed by atoms with E-state index in [4.69, 9.17) is 4.74 Å². The molecule has 17 heavy (non-hydrogen) atoms. The predicted molar refractivity (Wildman–Crippen MR) is 71.5 cm³/mol. The summed E-state index contributed by atoms with van der Waals surface area (Å²) in [6.07, 6.45) is 2.39. The third-order valence-electron chi connectivity index (χ3n) is 3.39. The lowest BCUT2D eigenvalue weighted by molar-refractivity contribution is 0.0656. The lowest BCUT2D eigenvalue weighted by atomic mass is 10.00. The van der Waals surface area contributed by atoms with Crippen LogP contribution in [0.2, 0.25) is 0 Å². The molecule has 1 aliphatic heterocycles. The van der Waals surface area contributed by atoms with Gasteiger partial charge >= 0.3 is 0 Å². The average Bonchev–Trinajstić information content (AvgIpc) is 2.67. The normalized spacial score (nSPS) is 19.5. The number of hydrogen-bond acceptors (Lipinski definition) is 4. The first-order valence-corrected chi connectivity index (χ1v) is 7.23. The molecule has 1 aliphatic rings. The molecule has 1 N–H and O–H groups in total. The lowest BCUT2D eigenvalue weighted by Crippen LogP contribution is -2.29. The quantitative estimate of drug-likeness (QED) is 0.897. The van der Waals surface area contributed by atoms with Crippen LogP contribution in [0.4, 0.5) is 0 Å². The van der Waals surface area contributed by atoms with Crippen LogP contribution in [0.1, 0.15) is 41.4 Å². The average molecular weight is 254 g/mol. The third kappa shape index (κ3) is 3.50. The van der Waals surface area contributed by atoms with Gasteiger partial charge in [-0.25, -0.2) is 4.98 Å². The van der Waals surface area contributed by atoms with E-state index in [0.29, 0.717) is 6.04 Å². The molecule has 0 spiro atoms. The van der Waals surface area contributed by atoms with Crippen molar-refractivity contribution in [2.45, 2.75) is 39.7 Å². The SMILES string of the molecule is Cc1nc(C)c(C(C)NCC2CCOCC2)s1. The van der Waals surface area contributed by atoms with Gasteiger partial charge in [-0.2, -0.15) is 0 Å². The molecule has 2 heterocycles. The number of nitrogens with one attached hydrogen (secondary N) is 1. The van der Waals surface area contributed by atoms with Crippen LogP contribution >= 0.6 is 11.3 Å². The first-order chi connectivity index (χ1) is 8.16. The Morgan fingerprint density at radius 1 is 1.41 bits per heavy atom. The van der Waals surface area contributed by atoms with Crippen LogP contribution in [0.5, 0.6) is 0 Å². The molecular formula is C13H22N2OS.